The van der Waals surface area contributed by atoms with Crippen LogP contribution in [0, 0.1) is 11.3 Å². The Bertz CT molecular complexity index is 377. The average Bonchev–Trinajstić information content (AvgIpc) is 2.14. The Kier molecular flexibility index (Phi) is 2.47. The summed E-state index contributed by atoms with van der Waals surface area (Å²) in [4.78, 5) is 0. The smallest absolute Gasteiger partial charge is 0.125 e. The van der Waals surface area contributed by atoms with Crippen molar-refractivity contribution in [3.63, 3.8) is 0 Å². The molecule has 0 saturated heterocycles. The zero-order valence-electron chi connectivity index (χ0n) is 7.76. The number of para-hydroxylation sites is 1. The topological polar surface area (TPSA) is 35.8 Å². The summed E-state index contributed by atoms with van der Waals surface area (Å²) in [6.45, 7) is 0. The maximum Gasteiger partial charge on any atom is 0.125 e. The number of nitrogens with zero attached hydrogens (tertiary/aromatic N) is 1. The molecule has 1 aromatic rings. The lowest BCUT2D eigenvalue weighted by Gasteiger charge is -2.37. The highest BCUT2D eigenvalue weighted by Gasteiger charge is 2.37. The maximum absolute atomic E-state index is 9.06. The van der Waals surface area contributed by atoms with Crippen LogP contribution in [-0.4, -0.2) is 5.54 Å². The van der Waals surface area contributed by atoms with Crippen LogP contribution in [0.4, 0.5) is 5.69 Å². The van der Waals surface area contributed by atoms with Crippen LogP contribution in [0.1, 0.15) is 19.3 Å². The van der Waals surface area contributed by atoms with E-state index in [0.717, 1.165) is 29.4 Å². The SMILES string of the molecule is N#CC1(Nc2ccccc2Br)CCC1. The third-order valence-electron chi connectivity index (χ3n) is 2.67. The molecule has 14 heavy (non-hydrogen) atoms. The highest BCUT2D eigenvalue weighted by molar-refractivity contribution is 9.10. The van der Waals surface area contributed by atoms with Crippen LogP contribution in [0.3, 0.4) is 0 Å². The van der Waals surface area contributed by atoms with Gasteiger partial charge in [-0.3, -0.25) is 0 Å². The first-order chi connectivity index (χ1) is 6.76. The molecule has 0 aromatic heterocycles. The van der Waals surface area contributed by atoms with E-state index in [1.165, 1.54) is 0 Å². The van der Waals surface area contributed by atoms with E-state index in [1.807, 2.05) is 24.3 Å². The highest BCUT2D eigenvalue weighted by Crippen LogP contribution is 2.36. The van der Waals surface area contributed by atoms with Crippen molar-refractivity contribution in [2.24, 2.45) is 0 Å². The van der Waals surface area contributed by atoms with E-state index in [4.69, 9.17) is 5.26 Å². The van der Waals surface area contributed by atoms with E-state index in [1.54, 1.807) is 0 Å². The minimum absolute atomic E-state index is 0.316. The fraction of sp³-hybridized carbons (Fsp3) is 0.364. The fourth-order valence-corrected chi connectivity index (χ4v) is 2.00. The zero-order chi connectivity index (χ0) is 10.0. The van der Waals surface area contributed by atoms with Crippen LogP contribution in [-0.2, 0) is 0 Å². The molecule has 2 nitrogen and oxygen atoms in total. The van der Waals surface area contributed by atoms with Crippen molar-refractivity contribution >= 4 is 21.6 Å². The van der Waals surface area contributed by atoms with Crippen LogP contribution < -0.4 is 5.32 Å². The Morgan fingerprint density at radius 3 is 2.57 bits per heavy atom. The second kappa shape index (κ2) is 3.62. The molecule has 1 fully saturated rings. The summed E-state index contributed by atoms with van der Waals surface area (Å²) in [5.74, 6) is 0. The standard InChI is InChI=1S/C11H11BrN2/c12-9-4-1-2-5-10(9)14-11(8-13)6-3-7-11/h1-2,4-5,14H,3,6-7H2. The molecule has 3 heteroatoms. The van der Waals surface area contributed by atoms with Crippen molar-refractivity contribution in [1.29, 1.82) is 5.26 Å². The average molecular weight is 251 g/mol. The van der Waals surface area contributed by atoms with Crippen molar-refractivity contribution in [2.45, 2.75) is 24.8 Å². The van der Waals surface area contributed by atoms with Crippen LogP contribution in [0.25, 0.3) is 0 Å². The fourth-order valence-electron chi connectivity index (χ4n) is 1.62. The third-order valence-corrected chi connectivity index (χ3v) is 3.36. The van der Waals surface area contributed by atoms with E-state index < -0.39 is 0 Å². The molecular weight excluding hydrogens is 240 g/mol. The number of nitrogens with one attached hydrogen (secondary N) is 1. The summed E-state index contributed by atoms with van der Waals surface area (Å²) >= 11 is 3.46. The Morgan fingerprint density at radius 2 is 2.07 bits per heavy atom. The number of hydrogen-bond donors (Lipinski definition) is 1. The normalized spacial score (nSPS) is 18.0. The minimum atomic E-state index is -0.316. The molecule has 0 bridgehead atoms. The van der Waals surface area contributed by atoms with Crippen molar-refractivity contribution in [1.82, 2.24) is 0 Å². The first kappa shape index (κ1) is 9.54. The van der Waals surface area contributed by atoms with Crippen molar-refractivity contribution in [2.75, 3.05) is 5.32 Å². The first-order valence-corrected chi connectivity index (χ1v) is 5.49. The molecule has 0 heterocycles. The predicted octanol–water partition coefficient (Wildman–Crippen LogP) is 3.31. The Balaban J connectivity index is 2.19. The lowest BCUT2D eigenvalue weighted by atomic mass is 9.78. The van der Waals surface area contributed by atoms with Gasteiger partial charge >= 0.3 is 0 Å². The summed E-state index contributed by atoms with van der Waals surface area (Å²) in [6, 6.07) is 10.3. The first-order valence-electron chi connectivity index (χ1n) is 4.70. The van der Waals surface area contributed by atoms with E-state index >= 15 is 0 Å². The molecule has 1 aliphatic carbocycles. The number of hydrogen-bond acceptors (Lipinski definition) is 2. The van der Waals surface area contributed by atoms with Crippen molar-refractivity contribution in [3.8, 4) is 6.07 Å². The van der Waals surface area contributed by atoms with Crippen LogP contribution in [0.15, 0.2) is 28.7 Å². The number of benzene rings is 1. The Morgan fingerprint density at radius 1 is 1.36 bits per heavy atom. The van der Waals surface area contributed by atoms with Gasteiger partial charge in [0.05, 0.1) is 6.07 Å². The second-order valence-electron chi connectivity index (χ2n) is 3.65. The summed E-state index contributed by atoms with van der Waals surface area (Å²) < 4.78 is 1.02. The molecule has 72 valence electrons. The van der Waals surface area contributed by atoms with Crippen LogP contribution in [0.2, 0.25) is 0 Å². The number of rotatable bonds is 2. The molecule has 1 aromatic carbocycles. The highest BCUT2D eigenvalue weighted by atomic mass is 79.9. The van der Waals surface area contributed by atoms with Gasteiger partial charge in [0.25, 0.3) is 0 Å². The second-order valence-corrected chi connectivity index (χ2v) is 4.51. The summed E-state index contributed by atoms with van der Waals surface area (Å²) in [6.07, 6.45) is 3.04. The van der Waals surface area contributed by atoms with E-state index in [2.05, 4.69) is 27.3 Å². The lowest BCUT2D eigenvalue weighted by molar-refractivity contribution is 0.356. The van der Waals surface area contributed by atoms with Gasteiger partial charge in [0, 0.05) is 10.2 Å². The van der Waals surface area contributed by atoms with Crippen molar-refractivity contribution < 1.29 is 0 Å². The van der Waals surface area contributed by atoms with Gasteiger partial charge < -0.3 is 5.32 Å². The van der Waals surface area contributed by atoms with Gasteiger partial charge in [-0.05, 0) is 47.3 Å². The largest absolute Gasteiger partial charge is 0.366 e. The van der Waals surface area contributed by atoms with Gasteiger partial charge in [-0.2, -0.15) is 5.26 Å². The molecule has 0 aliphatic heterocycles. The van der Waals surface area contributed by atoms with E-state index in [-0.39, 0.29) is 5.54 Å². The molecule has 0 radical (unpaired) electrons. The molecule has 2 rings (SSSR count). The maximum atomic E-state index is 9.06. The molecule has 1 aliphatic rings. The van der Waals surface area contributed by atoms with Crippen LogP contribution in [0.5, 0.6) is 0 Å². The van der Waals surface area contributed by atoms with Gasteiger partial charge in [-0.25, -0.2) is 0 Å². The predicted molar refractivity (Wildman–Crippen MR) is 60.0 cm³/mol. The summed E-state index contributed by atoms with van der Waals surface area (Å²) in [7, 11) is 0. The van der Waals surface area contributed by atoms with Gasteiger partial charge in [0.2, 0.25) is 0 Å². The number of halogens is 1. The lowest BCUT2D eigenvalue weighted by Crippen LogP contribution is -2.43. The molecule has 0 atom stereocenters. The Hall–Kier alpha value is -1.01. The zero-order valence-corrected chi connectivity index (χ0v) is 9.34. The minimum Gasteiger partial charge on any atom is -0.366 e. The molecule has 0 amide bonds. The molecule has 0 unspecified atom stereocenters. The van der Waals surface area contributed by atoms with Gasteiger partial charge in [0.15, 0.2) is 0 Å². The quantitative estimate of drug-likeness (QED) is 0.875. The monoisotopic (exact) mass is 250 g/mol. The van der Waals surface area contributed by atoms with E-state index in [9.17, 15) is 0 Å². The van der Waals surface area contributed by atoms with Crippen molar-refractivity contribution in [3.05, 3.63) is 28.7 Å². The molecule has 1 saturated carbocycles. The third kappa shape index (κ3) is 1.62. The number of nitriles is 1. The Labute approximate surface area is 92.1 Å². The molecule has 1 N–H and O–H groups in total. The number of anilines is 1. The summed E-state index contributed by atoms with van der Waals surface area (Å²) in [5.41, 5.74) is 0.693. The molecule has 0 spiro atoms. The van der Waals surface area contributed by atoms with Gasteiger partial charge in [-0.15, -0.1) is 0 Å². The molecular formula is C11H11BrN2. The van der Waals surface area contributed by atoms with E-state index in [0.29, 0.717) is 0 Å². The summed E-state index contributed by atoms with van der Waals surface area (Å²) in [5, 5.41) is 12.4. The van der Waals surface area contributed by atoms with Gasteiger partial charge in [-0.1, -0.05) is 12.1 Å². The van der Waals surface area contributed by atoms with Crippen LogP contribution >= 0.6 is 15.9 Å². The van der Waals surface area contributed by atoms with Gasteiger partial charge in [0.1, 0.15) is 5.54 Å².